The molecule has 1 amide bonds. The van der Waals surface area contributed by atoms with Crippen LogP contribution >= 0.6 is 0 Å². The van der Waals surface area contributed by atoms with Gasteiger partial charge in [-0.25, -0.2) is 9.97 Å². The van der Waals surface area contributed by atoms with Crippen molar-refractivity contribution in [3.05, 3.63) is 12.4 Å². The van der Waals surface area contributed by atoms with Crippen molar-refractivity contribution in [2.45, 2.75) is 45.1 Å². The summed E-state index contributed by atoms with van der Waals surface area (Å²) < 4.78 is 0. The lowest BCUT2D eigenvalue weighted by molar-refractivity contribution is -0.125. The van der Waals surface area contributed by atoms with Crippen LogP contribution in [0.5, 0.6) is 0 Å². The van der Waals surface area contributed by atoms with E-state index in [4.69, 9.17) is 0 Å². The van der Waals surface area contributed by atoms with Crippen LogP contribution in [0.15, 0.2) is 12.4 Å². The Morgan fingerprint density at radius 1 is 1.28 bits per heavy atom. The van der Waals surface area contributed by atoms with E-state index in [0.29, 0.717) is 6.54 Å². The number of anilines is 2. The van der Waals surface area contributed by atoms with E-state index in [-0.39, 0.29) is 24.5 Å². The first-order chi connectivity index (χ1) is 12.2. The number of hydrogen-bond acceptors (Lipinski definition) is 6. The molecular formula is C18H29N5O2. The van der Waals surface area contributed by atoms with E-state index >= 15 is 0 Å². The van der Waals surface area contributed by atoms with E-state index in [2.05, 4.69) is 32.0 Å². The Morgan fingerprint density at radius 2 is 2.08 bits per heavy atom. The van der Waals surface area contributed by atoms with Crippen LogP contribution in [0.1, 0.15) is 39.0 Å². The summed E-state index contributed by atoms with van der Waals surface area (Å²) in [4.78, 5) is 25.5. The van der Waals surface area contributed by atoms with Crippen molar-refractivity contribution in [1.82, 2.24) is 15.3 Å². The third kappa shape index (κ3) is 4.21. The van der Waals surface area contributed by atoms with Gasteiger partial charge < -0.3 is 20.2 Å². The molecule has 0 unspecified atom stereocenters. The molecule has 1 aromatic heterocycles. The first kappa shape index (κ1) is 17.9. The van der Waals surface area contributed by atoms with Crippen molar-refractivity contribution in [3.63, 3.8) is 0 Å². The van der Waals surface area contributed by atoms with Gasteiger partial charge in [0.05, 0.1) is 18.6 Å². The smallest absolute Gasteiger partial charge is 0.224 e. The standard InChI is InChI=1S/C18H29N5O2/c1-2-7-19-18(25)14-5-3-8-22(11-14)16-10-17(21-13-20-16)23-9-4-6-15(23)12-24/h10,13-15,24H,2-9,11-12H2,1H3,(H,19,25)/t14-,15-/m1/s1. The number of hydrogen-bond donors (Lipinski definition) is 2. The van der Waals surface area contributed by atoms with Crippen LogP contribution in [0.4, 0.5) is 11.6 Å². The summed E-state index contributed by atoms with van der Waals surface area (Å²) in [6.07, 6.45) is 6.56. The zero-order valence-corrected chi connectivity index (χ0v) is 15.0. The van der Waals surface area contributed by atoms with Crippen LogP contribution in [-0.4, -0.2) is 59.8 Å². The molecule has 2 N–H and O–H groups in total. The highest BCUT2D eigenvalue weighted by Gasteiger charge is 2.28. The summed E-state index contributed by atoms with van der Waals surface area (Å²) in [6, 6.07) is 2.15. The van der Waals surface area contributed by atoms with Gasteiger partial charge in [-0.3, -0.25) is 4.79 Å². The maximum atomic E-state index is 12.3. The lowest BCUT2D eigenvalue weighted by Gasteiger charge is -2.33. The number of amides is 1. The summed E-state index contributed by atoms with van der Waals surface area (Å²) in [5.41, 5.74) is 0. The number of piperidine rings is 1. The minimum atomic E-state index is 0.0238. The third-order valence-corrected chi connectivity index (χ3v) is 5.19. The number of nitrogens with zero attached hydrogens (tertiary/aromatic N) is 4. The van der Waals surface area contributed by atoms with E-state index < -0.39 is 0 Å². The molecule has 2 fully saturated rings. The highest BCUT2D eigenvalue weighted by atomic mass is 16.3. The molecule has 0 bridgehead atoms. The molecule has 2 atom stereocenters. The van der Waals surface area contributed by atoms with Gasteiger partial charge in [0.1, 0.15) is 18.0 Å². The fourth-order valence-electron chi connectivity index (χ4n) is 3.79. The predicted molar refractivity (Wildman–Crippen MR) is 97.7 cm³/mol. The number of rotatable bonds is 6. The number of carbonyl (C=O) groups excluding carboxylic acids is 1. The molecule has 0 saturated carbocycles. The Morgan fingerprint density at radius 3 is 2.88 bits per heavy atom. The number of nitrogens with one attached hydrogen (secondary N) is 1. The zero-order valence-electron chi connectivity index (χ0n) is 15.0. The third-order valence-electron chi connectivity index (χ3n) is 5.19. The van der Waals surface area contributed by atoms with Crippen molar-refractivity contribution < 1.29 is 9.90 Å². The van der Waals surface area contributed by atoms with Crippen LogP contribution < -0.4 is 15.1 Å². The maximum Gasteiger partial charge on any atom is 0.224 e. The molecule has 3 rings (SSSR count). The summed E-state index contributed by atoms with van der Waals surface area (Å²) in [5, 5.41) is 12.6. The molecule has 7 nitrogen and oxygen atoms in total. The minimum absolute atomic E-state index is 0.0238. The van der Waals surface area contributed by atoms with Crippen molar-refractivity contribution in [1.29, 1.82) is 0 Å². The summed E-state index contributed by atoms with van der Waals surface area (Å²) >= 11 is 0. The average molecular weight is 347 g/mol. The molecule has 0 spiro atoms. The van der Waals surface area contributed by atoms with E-state index in [9.17, 15) is 9.90 Å². The summed E-state index contributed by atoms with van der Waals surface area (Å²) in [5.74, 6) is 1.93. The molecule has 2 aliphatic rings. The minimum Gasteiger partial charge on any atom is -0.394 e. The number of aliphatic hydroxyl groups is 1. The van der Waals surface area contributed by atoms with E-state index in [0.717, 1.165) is 63.4 Å². The van der Waals surface area contributed by atoms with Gasteiger partial charge in [-0.15, -0.1) is 0 Å². The van der Waals surface area contributed by atoms with Crippen LogP contribution in [-0.2, 0) is 4.79 Å². The van der Waals surface area contributed by atoms with Crippen LogP contribution in [0, 0.1) is 5.92 Å². The zero-order chi connectivity index (χ0) is 17.6. The van der Waals surface area contributed by atoms with Crippen molar-refractivity contribution in [3.8, 4) is 0 Å². The SMILES string of the molecule is CCCNC(=O)[C@@H]1CCCN(c2cc(N3CCC[C@@H]3CO)ncn2)C1. The number of carbonyl (C=O) groups is 1. The first-order valence-electron chi connectivity index (χ1n) is 9.45. The summed E-state index contributed by atoms with van der Waals surface area (Å²) in [7, 11) is 0. The maximum absolute atomic E-state index is 12.3. The van der Waals surface area contributed by atoms with Crippen LogP contribution in [0.2, 0.25) is 0 Å². The molecule has 0 aliphatic carbocycles. The Labute approximate surface area is 149 Å². The Kier molecular flexibility index (Phi) is 6.07. The molecule has 0 aromatic carbocycles. The monoisotopic (exact) mass is 347 g/mol. The fraction of sp³-hybridized carbons (Fsp3) is 0.722. The lowest BCUT2D eigenvalue weighted by Crippen LogP contribution is -2.43. The molecular weight excluding hydrogens is 318 g/mol. The lowest BCUT2D eigenvalue weighted by atomic mass is 9.97. The molecule has 0 radical (unpaired) electrons. The van der Waals surface area contributed by atoms with Gasteiger partial charge in [0.25, 0.3) is 0 Å². The van der Waals surface area contributed by atoms with Gasteiger partial charge >= 0.3 is 0 Å². The number of aliphatic hydroxyl groups excluding tert-OH is 1. The molecule has 3 heterocycles. The number of aromatic nitrogens is 2. The van der Waals surface area contributed by atoms with E-state index in [1.165, 1.54) is 0 Å². The van der Waals surface area contributed by atoms with Gasteiger partial charge in [0, 0.05) is 32.2 Å². The molecule has 138 valence electrons. The molecule has 2 saturated heterocycles. The Bertz CT molecular complexity index is 582. The van der Waals surface area contributed by atoms with Gasteiger partial charge in [0.2, 0.25) is 5.91 Å². The van der Waals surface area contributed by atoms with Crippen molar-refractivity contribution in [2.75, 3.05) is 42.6 Å². The first-order valence-corrected chi connectivity index (χ1v) is 9.45. The van der Waals surface area contributed by atoms with E-state index in [1.54, 1.807) is 6.33 Å². The second-order valence-corrected chi connectivity index (χ2v) is 6.98. The fourth-order valence-corrected chi connectivity index (χ4v) is 3.79. The quantitative estimate of drug-likeness (QED) is 0.804. The second kappa shape index (κ2) is 8.47. The Balaban J connectivity index is 1.69. The highest BCUT2D eigenvalue weighted by Crippen LogP contribution is 2.27. The van der Waals surface area contributed by atoms with Crippen LogP contribution in [0.3, 0.4) is 0 Å². The van der Waals surface area contributed by atoms with Gasteiger partial charge in [-0.1, -0.05) is 6.92 Å². The van der Waals surface area contributed by atoms with Gasteiger partial charge in [-0.2, -0.15) is 0 Å². The predicted octanol–water partition coefficient (Wildman–Crippen LogP) is 1.18. The van der Waals surface area contributed by atoms with E-state index in [1.807, 2.05) is 6.07 Å². The molecule has 2 aliphatic heterocycles. The summed E-state index contributed by atoms with van der Waals surface area (Å²) in [6.45, 7) is 5.50. The topological polar surface area (TPSA) is 81.6 Å². The average Bonchev–Trinajstić information content (AvgIpc) is 3.15. The molecule has 1 aromatic rings. The van der Waals surface area contributed by atoms with Gasteiger partial charge in [0.15, 0.2) is 0 Å². The second-order valence-electron chi connectivity index (χ2n) is 6.98. The molecule has 7 heteroatoms. The van der Waals surface area contributed by atoms with Crippen molar-refractivity contribution in [2.24, 2.45) is 5.92 Å². The van der Waals surface area contributed by atoms with Crippen LogP contribution in [0.25, 0.3) is 0 Å². The normalized spacial score (nSPS) is 23.8. The molecule has 25 heavy (non-hydrogen) atoms. The van der Waals surface area contributed by atoms with Gasteiger partial charge in [-0.05, 0) is 32.1 Å². The largest absolute Gasteiger partial charge is 0.394 e. The highest BCUT2D eigenvalue weighted by molar-refractivity contribution is 5.79. The Hall–Kier alpha value is -1.89. The van der Waals surface area contributed by atoms with Crippen molar-refractivity contribution >= 4 is 17.5 Å².